The van der Waals surface area contributed by atoms with Crippen LogP contribution in [0.5, 0.6) is 0 Å². The van der Waals surface area contributed by atoms with Crippen molar-refractivity contribution in [1.82, 2.24) is 0 Å². The van der Waals surface area contributed by atoms with Gasteiger partial charge in [0.25, 0.3) is 0 Å². The van der Waals surface area contributed by atoms with Crippen molar-refractivity contribution in [2.45, 2.75) is 33.1 Å². The number of hydrogen-bond acceptors (Lipinski definition) is 1. The topological polar surface area (TPSA) is 37.3 Å². The summed E-state index contributed by atoms with van der Waals surface area (Å²) in [7, 11) is 0. The van der Waals surface area contributed by atoms with Gasteiger partial charge in [0.05, 0.1) is 5.92 Å². The Labute approximate surface area is 67.6 Å². The van der Waals surface area contributed by atoms with E-state index in [1.165, 1.54) is 0 Å². The fraction of sp³-hybridized carbons (Fsp3) is 0.889. The van der Waals surface area contributed by atoms with Gasteiger partial charge in [0.1, 0.15) is 0 Å². The maximum atomic E-state index is 10.6. The third-order valence-electron chi connectivity index (χ3n) is 2.77. The van der Waals surface area contributed by atoms with Crippen LogP contribution in [0.4, 0.5) is 0 Å². The lowest BCUT2D eigenvalue weighted by atomic mass is 9.93. The van der Waals surface area contributed by atoms with Gasteiger partial charge in [-0.2, -0.15) is 0 Å². The van der Waals surface area contributed by atoms with Crippen molar-refractivity contribution in [2.24, 2.45) is 17.8 Å². The first-order valence-corrected chi connectivity index (χ1v) is 4.34. The Bertz CT molecular complexity index is 152. The fourth-order valence-corrected chi connectivity index (χ4v) is 1.85. The molecule has 1 saturated carbocycles. The summed E-state index contributed by atoms with van der Waals surface area (Å²) in [5.74, 6) is 0.644. The van der Waals surface area contributed by atoms with Crippen molar-refractivity contribution >= 4 is 5.97 Å². The van der Waals surface area contributed by atoms with E-state index in [-0.39, 0.29) is 5.92 Å². The van der Waals surface area contributed by atoms with Crippen molar-refractivity contribution in [1.29, 1.82) is 0 Å². The van der Waals surface area contributed by atoms with E-state index in [0.29, 0.717) is 11.8 Å². The average Bonchev–Trinajstić information content (AvgIpc) is 2.33. The molecule has 64 valence electrons. The molecule has 11 heavy (non-hydrogen) atoms. The van der Waals surface area contributed by atoms with E-state index in [1.807, 2.05) is 0 Å². The molecule has 0 bridgehead atoms. The zero-order valence-electron chi connectivity index (χ0n) is 7.21. The van der Waals surface area contributed by atoms with E-state index >= 15 is 0 Å². The third-order valence-corrected chi connectivity index (χ3v) is 2.77. The number of carbonyl (C=O) groups is 1. The molecule has 0 aromatic heterocycles. The monoisotopic (exact) mass is 156 g/mol. The number of carboxylic acids is 1. The minimum Gasteiger partial charge on any atom is -0.481 e. The third kappa shape index (κ3) is 1.95. The van der Waals surface area contributed by atoms with Crippen LogP contribution < -0.4 is 0 Å². The van der Waals surface area contributed by atoms with E-state index in [9.17, 15) is 4.79 Å². The molecule has 0 amide bonds. The standard InChI is InChI=1S/C9H16O2/c1-6(2)7-3-4-8(5-7)9(10)11/h6-8H,3-5H2,1-2H3,(H,10,11). The molecule has 2 atom stereocenters. The Morgan fingerprint density at radius 3 is 2.36 bits per heavy atom. The molecule has 0 saturated heterocycles. The second kappa shape index (κ2) is 3.24. The van der Waals surface area contributed by atoms with Crippen molar-refractivity contribution < 1.29 is 9.90 Å². The van der Waals surface area contributed by atoms with Gasteiger partial charge in [-0.25, -0.2) is 0 Å². The van der Waals surface area contributed by atoms with E-state index in [4.69, 9.17) is 5.11 Å². The van der Waals surface area contributed by atoms with Gasteiger partial charge in [-0.3, -0.25) is 4.79 Å². The van der Waals surface area contributed by atoms with Crippen molar-refractivity contribution in [3.05, 3.63) is 0 Å². The molecule has 1 aliphatic carbocycles. The van der Waals surface area contributed by atoms with Crippen LogP contribution in [0, 0.1) is 17.8 Å². The van der Waals surface area contributed by atoms with Crippen LogP contribution in [0.25, 0.3) is 0 Å². The molecule has 0 radical (unpaired) electrons. The van der Waals surface area contributed by atoms with E-state index in [2.05, 4.69) is 13.8 Å². The highest BCUT2D eigenvalue weighted by atomic mass is 16.4. The zero-order valence-corrected chi connectivity index (χ0v) is 7.21. The highest BCUT2D eigenvalue weighted by Gasteiger charge is 2.30. The molecule has 0 aromatic carbocycles. The highest BCUT2D eigenvalue weighted by molar-refractivity contribution is 5.70. The first-order valence-electron chi connectivity index (χ1n) is 4.34. The lowest BCUT2D eigenvalue weighted by molar-refractivity contribution is -0.141. The van der Waals surface area contributed by atoms with Crippen LogP contribution in [-0.2, 0) is 4.79 Å². The van der Waals surface area contributed by atoms with Crippen LogP contribution in [0.2, 0.25) is 0 Å². The summed E-state index contributed by atoms with van der Waals surface area (Å²) in [5, 5.41) is 8.71. The predicted octanol–water partition coefficient (Wildman–Crippen LogP) is 2.14. The Morgan fingerprint density at radius 2 is 2.09 bits per heavy atom. The van der Waals surface area contributed by atoms with Crippen molar-refractivity contribution in [3.8, 4) is 0 Å². The largest absolute Gasteiger partial charge is 0.481 e. The normalized spacial score (nSPS) is 31.2. The van der Waals surface area contributed by atoms with E-state index < -0.39 is 5.97 Å². The summed E-state index contributed by atoms with van der Waals surface area (Å²) >= 11 is 0. The maximum absolute atomic E-state index is 10.6. The SMILES string of the molecule is CC(C)C1CCC(C(=O)O)C1. The lowest BCUT2D eigenvalue weighted by Crippen LogP contribution is -2.11. The first kappa shape index (κ1) is 8.57. The molecule has 0 spiro atoms. The molecular weight excluding hydrogens is 140 g/mol. The molecular formula is C9H16O2. The van der Waals surface area contributed by atoms with Crippen LogP contribution in [0.3, 0.4) is 0 Å². The van der Waals surface area contributed by atoms with Crippen LogP contribution in [-0.4, -0.2) is 11.1 Å². The molecule has 2 unspecified atom stereocenters. The fourth-order valence-electron chi connectivity index (χ4n) is 1.85. The minimum atomic E-state index is -0.604. The van der Waals surface area contributed by atoms with Gasteiger partial charge in [0, 0.05) is 0 Å². The molecule has 1 rings (SSSR count). The quantitative estimate of drug-likeness (QED) is 0.665. The van der Waals surface area contributed by atoms with Crippen LogP contribution in [0.1, 0.15) is 33.1 Å². The number of hydrogen-bond donors (Lipinski definition) is 1. The second-order valence-electron chi connectivity index (χ2n) is 3.85. The van der Waals surface area contributed by atoms with Gasteiger partial charge >= 0.3 is 5.97 Å². The van der Waals surface area contributed by atoms with Gasteiger partial charge in [-0.05, 0) is 31.1 Å². The number of carboxylic acid groups (broad SMARTS) is 1. The van der Waals surface area contributed by atoms with Gasteiger partial charge in [0.2, 0.25) is 0 Å². The summed E-state index contributed by atoms with van der Waals surface area (Å²) in [6.07, 6.45) is 2.89. The molecule has 0 heterocycles. The van der Waals surface area contributed by atoms with Gasteiger partial charge in [-0.15, -0.1) is 0 Å². The van der Waals surface area contributed by atoms with Crippen LogP contribution in [0.15, 0.2) is 0 Å². The molecule has 2 heteroatoms. The second-order valence-corrected chi connectivity index (χ2v) is 3.85. The van der Waals surface area contributed by atoms with Crippen LogP contribution >= 0.6 is 0 Å². The Balaban J connectivity index is 2.41. The summed E-state index contributed by atoms with van der Waals surface area (Å²) in [5.41, 5.74) is 0. The van der Waals surface area contributed by atoms with Gasteiger partial charge in [0.15, 0.2) is 0 Å². The molecule has 0 aromatic rings. The minimum absolute atomic E-state index is 0.0533. The molecule has 1 aliphatic rings. The van der Waals surface area contributed by atoms with Crippen molar-refractivity contribution in [3.63, 3.8) is 0 Å². The molecule has 1 N–H and O–H groups in total. The summed E-state index contributed by atoms with van der Waals surface area (Å²) < 4.78 is 0. The summed E-state index contributed by atoms with van der Waals surface area (Å²) in [4.78, 5) is 10.6. The molecule has 2 nitrogen and oxygen atoms in total. The number of aliphatic carboxylic acids is 1. The van der Waals surface area contributed by atoms with E-state index in [1.54, 1.807) is 0 Å². The van der Waals surface area contributed by atoms with E-state index in [0.717, 1.165) is 19.3 Å². The maximum Gasteiger partial charge on any atom is 0.306 e. The summed E-state index contributed by atoms with van der Waals surface area (Å²) in [6, 6.07) is 0. The molecule has 1 fully saturated rings. The van der Waals surface area contributed by atoms with Gasteiger partial charge < -0.3 is 5.11 Å². The predicted molar refractivity (Wildman–Crippen MR) is 43.3 cm³/mol. The highest BCUT2D eigenvalue weighted by Crippen LogP contribution is 2.35. The lowest BCUT2D eigenvalue weighted by Gasteiger charge is -2.12. The Hall–Kier alpha value is -0.530. The average molecular weight is 156 g/mol. The first-order chi connectivity index (χ1) is 5.11. The van der Waals surface area contributed by atoms with Crippen molar-refractivity contribution in [2.75, 3.05) is 0 Å². The zero-order chi connectivity index (χ0) is 8.43. The molecule has 0 aliphatic heterocycles. The Morgan fingerprint density at radius 1 is 1.45 bits per heavy atom. The Kier molecular flexibility index (Phi) is 2.53. The smallest absolute Gasteiger partial charge is 0.306 e. The number of rotatable bonds is 2. The van der Waals surface area contributed by atoms with Gasteiger partial charge in [-0.1, -0.05) is 13.8 Å². The summed E-state index contributed by atoms with van der Waals surface area (Å²) in [6.45, 7) is 4.35.